The third-order valence-electron chi connectivity index (χ3n) is 7.86. The second-order valence-electron chi connectivity index (χ2n) is 10.7. The molecule has 0 radical (unpaired) electrons. The Kier molecular flexibility index (Phi) is 7.05. The predicted molar refractivity (Wildman–Crippen MR) is 150 cm³/mol. The summed E-state index contributed by atoms with van der Waals surface area (Å²) in [6.07, 6.45) is 2.31. The summed E-state index contributed by atoms with van der Waals surface area (Å²) in [6, 6.07) is 9.51. The van der Waals surface area contributed by atoms with Gasteiger partial charge < -0.3 is 20.0 Å². The van der Waals surface area contributed by atoms with E-state index in [4.69, 9.17) is 0 Å². The van der Waals surface area contributed by atoms with Gasteiger partial charge in [0.2, 0.25) is 0 Å². The molecule has 206 valence electrons. The number of halogens is 2. The number of nitrogens with zero attached hydrogens (tertiary/aromatic N) is 5. The zero-order valence-electron chi connectivity index (χ0n) is 22.9. The molecule has 1 N–H and O–H groups in total. The highest BCUT2D eigenvalue weighted by atomic mass is 19.1. The van der Waals surface area contributed by atoms with Gasteiger partial charge in [-0.2, -0.15) is 9.78 Å². The zero-order valence-corrected chi connectivity index (χ0v) is 22.9. The van der Waals surface area contributed by atoms with Crippen LogP contribution in [-0.4, -0.2) is 49.0 Å². The largest absolute Gasteiger partial charge is 0.368 e. The Bertz CT molecular complexity index is 1450. The lowest BCUT2D eigenvalue weighted by Crippen LogP contribution is -2.43. The van der Waals surface area contributed by atoms with E-state index in [0.717, 1.165) is 61.2 Å². The Morgan fingerprint density at radius 2 is 1.74 bits per heavy atom. The van der Waals surface area contributed by atoms with E-state index in [0.29, 0.717) is 22.2 Å². The van der Waals surface area contributed by atoms with Gasteiger partial charge in [0.25, 0.3) is 11.5 Å². The van der Waals surface area contributed by atoms with Gasteiger partial charge in [-0.1, -0.05) is 33.3 Å². The average Bonchev–Trinajstić information content (AvgIpc) is 3.47. The number of aromatic nitrogens is 2. The number of hydrogen-bond acceptors (Lipinski definition) is 6. The number of para-hydroxylation sites is 1. The second kappa shape index (κ2) is 10.3. The molecule has 10 heteroatoms. The molecule has 2 atom stereocenters. The molecule has 2 aliphatic rings. The Balaban J connectivity index is 1.56. The van der Waals surface area contributed by atoms with Gasteiger partial charge >= 0.3 is 0 Å². The zero-order chi connectivity index (χ0) is 28.0. The number of carbonyl (C=O) groups is 1. The van der Waals surface area contributed by atoms with Crippen LogP contribution in [0.5, 0.6) is 0 Å². The van der Waals surface area contributed by atoms with E-state index in [1.54, 1.807) is 0 Å². The number of carbonyl (C=O) groups excluding carboxylic acids is 1. The molecule has 2 unspecified atom stereocenters. The van der Waals surface area contributed by atoms with E-state index in [2.05, 4.69) is 60.0 Å². The first-order valence-corrected chi connectivity index (χ1v) is 13.4. The Hall–Kier alpha value is -3.95. The summed E-state index contributed by atoms with van der Waals surface area (Å²) in [6.45, 7) is 8.33. The molecule has 39 heavy (non-hydrogen) atoms. The van der Waals surface area contributed by atoms with Crippen LogP contribution in [0.2, 0.25) is 0 Å². The second-order valence-corrected chi connectivity index (χ2v) is 10.7. The number of nitrogens with one attached hydrogen (secondary N) is 1. The molecule has 3 aromatic rings. The van der Waals surface area contributed by atoms with Crippen LogP contribution in [0, 0.1) is 23.5 Å². The van der Waals surface area contributed by atoms with Gasteiger partial charge in [-0.15, -0.1) is 0 Å². The highest BCUT2D eigenvalue weighted by Crippen LogP contribution is 2.50. The van der Waals surface area contributed by atoms with Crippen LogP contribution in [0.25, 0.3) is 5.69 Å². The molecule has 5 rings (SSSR count). The summed E-state index contributed by atoms with van der Waals surface area (Å²) < 4.78 is 29.4. The smallest absolute Gasteiger partial charge is 0.276 e. The minimum Gasteiger partial charge on any atom is -0.368 e. The van der Waals surface area contributed by atoms with Gasteiger partial charge in [-0.05, 0) is 48.6 Å². The van der Waals surface area contributed by atoms with E-state index in [1.165, 1.54) is 12.1 Å². The molecule has 1 saturated heterocycles. The fraction of sp³-hybridized carbons (Fsp3) is 0.414. The van der Waals surface area contributed by atoms with Crippen LogP contribution < -0.4 is 25.6 Å². The number of anilines is 4. The summed E-state index contributed by atoms with van der Waals surface area (Å²) in [5, 5.41) is 7.01. The minimum absolute atomic E-state index is 0.137. The quantitative estimate of drug-likeness (QED) is 0.485. The third kappa shape index (κ3) is 4.62. The van der Waals surface area contributed by atoms with Crippen molar-refractivity contribution in [1.82, 2.24) is 9.78 Å². The van der Waals surface area contributed by atoms with Gasteiger partial charge in [0.15, 0.2) is 11.6 Å². The van der Waals surface area contributed by atoms with E-state index in [1.807, 2.05) is 12.1 Å². The van der Waals surface area contributed by atoms with Gasteiger partial charge in [0, 0.05) is 33.3 Å². The standard InChI is InChI=1S/C29H34F2N6O2/c1-6-18-14-15-36(16-18)26-21(10-12-23-27(26)35(5)29(17(2)3)34(23)4)32-28(39)22-11-13-24(38)37(33-22)25-19(30)8-7-9-20(25)31/h7-13,17-18,29H,6,14-16H2,1-5H3,(H,32,39). The summed E-state index contributed by atoms with van der Waals surface area (Å²) in [5.74, 6) is -1.55. The number of amides is 1. The van der Waals surface area contributed by atoms with Gasteiger partial charge in [-0.3, -0.25) is 9.59 Å². The van der Waals surface area contributed by atoms with Gasteiger partial charge in [0.1, 0.15) is 17.5 Å². The summed E-state index contributed by atoms with van der Waals surface area (Å²) in [4.78, 5) is 32.8. The fourth-order valence-corrected chi connectivity index (χ4v) is 5.99. The van der Waals surface area contributed by atoms with Crippen LogP contribution in [0.15, 0.2) is 47.3 Å². The summed E-state index contributed by atoms with van der Waals surface area (Å²) in [5.41, 5.74) is 2.20. The Labute approximate surface area is 226 Å². The number of hydrogen-bond donors (Lipinski definition) is 1. The third-order valence-corrected chi connectivity index (χ3v) is 7.86. The van der Waals surface area contributed by atoms with Crippen molar-refractivity contribution in [3.05, 3.63) is 70.1 Å². The lowest BCUT2D eigenvalue weighted by atomic mass is 10.1. The molecule has 0 aliphatic carbocycles. The SMILES string of the molecule is CCC1CCN(c2c(NC(=O)c3ccc(=O)n(-c4c(F)cccc4F)n3)ccc3c2N(C)C(C(C)C)N3C)C1. The van der Waals surface area contributed by atoms with Crippen molar-refractivity contribution in [3.8, 4) is 5.69 Å². The molecule has 2 aromatic carbocycles. The highest BCUT2D eigenvalue weighted by Gasteiger charge is 2.38. The van der Waals surface area contributed by atoms with Crippen LogP contribution in [0.4, 0.5) is 31.5 Å². The van der Waals surface area contributed by atoms with E-state index in [-0.39, 0.29) is 11.9 Å². The molecule has 0 saturated carbocycles. The van der Waals surface area contributed by atoms with Crippen LogP contribution in [0.1, 0.15) is 44.1 Å². The normalized spacial score (nSPS) is 18.7. The lowest BCUT2D eigenvalue weighted by molar-refractivity contribution is 0.102. The molecule has 0 spiro atoms. The van der Waals surface area contributed by atoms with Crippen molar-refractivity contribution in [2.75, 3.05) is 47.2 Å². The maximum Gasteiger partial charge on any atom is 0.276 e. The number of benzene rings is 2. The molecule has 1 aromatic heterocycles. The molecule has 3 heterocycles. The van der Waals surface area contributed by atoms with Crippen molar-refractivity contribution in [2.24, 2.45) is 11.8 Å². The molecule has 1 fully saturated rings. The first kappa shape index (κ1) is 26.6. The summed E-state index contributed by atoms with van der Waals surface area (Å²) in [7, 11) is 4.17. The van der Waals surface area contributed by atoms with E-state index < -0.39 is 28.8 Å². The van der Waals surface area contributed by atoms with Crippen molar-refractivity contribution in [3.63, 3.8) is 0 Å². The maximum absolute atomic E-state index is 14.4. The van der Waals surface area contributed by atoms with E-state index >= 15 is 0 Å². The molecule has 0 bridgehead atoms. The van der Waals surface area contributed by atoms with Crippen molar-refractivity contribution < 1.29 is 13.6 Å². The molecule has 1 amide bonds. The van der Waals surface area contributed by atoms with Gasteiger partial charge in [0.05, 0.1) is 22.7 Å². The monoisotopic (exact) mass is 536 g/mol. The molecule has 2 aliphatic heterocycles. The fourth-order valence-electron chi connectivity index (χ4n) is 5.99. The van der Waals surface area contributed by atoms with Crippen molar-refractivity contribution in [2.45, 2.75) is 39.8 Å². The average molecular weight is 537 g/mol. The lowest BCUT2D eigenvalue weighted by Gasteiger charge is -2.32. The van der Waals surface area contributed by atoms with Crippen molar-refractivity contribution in [1.29, 1.82) is 0 Å². The minimum atomic E-state index is -0.950. The molecular formula is C29H34F2N6O2. The maximum atomic E-state index is 14.4. The number of fused-ring (bicyclic) bond motifs is 1. The van der Waals surface area contributed by atoms with Crippen LogP contribution in [-0.2, 0) is 0 Å². The van der Waals surface area contributed by atoms with Crippen LogP contribution in [0.3, 0.4) is 0 Å². The topological polar surface area (TPSA) is 73.7 Å². The highest BCUT2D eigenvalue weighted by molar-refractivity contribution is 6.07. The van der Waals surface area contributed by atoms with E-state index in [9.17, 15) is 18.4 Å². The molecular weight excluding hydrogens is 502 g/mol. The van der Waals surface area contributed by atoms with Crippen molar-refractivity contribution >= 4 is 28.7 Å². The first-order valence-electron chi connectivity index (χ1n) is 13.4. The first-order chi connectivity index (χ1) is 18.6. The Morgan fingerprint density at radius 3 is 2.38 bits per heavy atom. The predicted octanol–water partition coefficient (Wildman–Crippen LogP) is 4.87. The van der Waals surface area contributed by atoms with Gasteiger partial charge in [-0.25, -0.2) is 8.78 Å². The Morgan fingerprint density at radius 1 is 1.03 bits per heavy atom. The number of rotatable bonds is 6. The molecule has 8 nitrogen and oxygen atoms in total. The summed E-state index contributed by atoms with van der Waals surface area (Å²) >= 11 is 0. The van der Waals surface area contributed by atoms with Crippen LogP contribution >= 0.6 is 0 Å².